The van der Waals surface area contributed by atoms with Gasteiger partial charge in [0.2, 0.25) is 0 Å². The van der Waals surface area contributed by atoms with Crippen LogP contribution in [0.3, 0.4) is 0 Å². The summed E-state index contributed by atoms with van der Waals surface area (Å²) in [4.78, 5) is 22.5. The molecule has 4 rings (SSSR count). The number of rotatable bonds is 1. The molecule has 2 heterocycles. The molecule has 1 aliphatic rings. The molecule has 0 fully saturated rings. The fourth-order valence-electron chi connectivity index (χ4n) is 3.20. The number of benzene rings is 1. The van der Waals surface area contributed by atoms with Crippen LogP contribution in [0.25, 0.3) is 21.6 Å². The minimum atomic E-state index is 0.00706. The number of aromatic nitrogens is 2. The van der Waals surface area contributed by atoms with Crippen molar-refractivity contribution in [1.29, 1.82) is 0 Å². The van der Waals surface area contributed by atoms with E-state index in [0.29, 0.717) is 11.7 Å². The van der Waals surface area contributed by atoms with Crippen molar-refractivity contribution in [2.75, 3.05) is 0 Å². The highest BCUT2D eigenvalue weighted by molar-refractivity contribution is 7.18. The SMILES string of the molecule is Cc1ccc(-c2nc3sc4c(c3c(=O)[nH]2)CCC(C)C4)cc1. The Morgan fingerprint density at radius 1 is 1.27 bits per heavy atom. The third-order valence-electron chi connectivity index (χ3n) is 4.49. The topological polar surface area (TPSA) is 45.8 Å². The molecular weight excluding hydrogens is 292 g/mol. The van der Waals surface area contributed by atoms with Gasteiger partial charge in [-0.15, -0.1) is 11.3 Å². The van der Waals surface area contributed by atoms with Crippen LogP contribution >= 0.6 is 11.3 Å². The number of aryl methyl sites for hydroxylation is 2. The summed E-state index contributed by atoms with van der Waals surface area (Å²) in [6.45, 7) is 4.33. The Morgan fingerprint density at radius 2 is 2.05 bits per heavy atom. The summed E-state index contributed by atoms with van der Waals surface area (Å²) in [6, 6.07) is 8.10. The van der Waals surface area contributed by atoms with Crippen molar-refractivity contribution in [2.45, 2.75) is 33.1 Å². The number of nitrogens with zero attached hydrogens (tertiary/aromatic N) is 1. The standard InChI is InChI=1S/C18H18N2OS/c1-10-3-6-12(7-4-10)16-19-17(21)15-13-8-5-11(2)9-14(13)22-18(15)20-16/h3-4,6-7,11H,5,8-9H2,1-2H3,(H,19,20,21). The number of aromatic amines is 1. The molecule has 0 saturated carbocycles. The van der Waals surface area contributed by atoms with Gasteiger partial charge in [-0.05, 0) is 37.7 Å². The predicted octanol–water partition coefficient (Wildman–Crippen LogP) is 4.08. The van der Waals surface area contributed by atoms with E-state index < -0.39 is 0 Å². The average Bonchev–Trinajstić information content (AvgIpc) is 2.85. The maximum absolute atomic E-state index is 12.6. The first-order chi connectivity index (χ1) is 10.6. The summed E-state index contributed by atoms with van der Waals surface area (Å²) in [5.74, 6) is 1.38. The first-order valence-corrected chi connectivity index (χ1v) is 8.55. The molecule has 112 valence electrons. The summed E-state index contributed by atoms with van der Waals surface area (Å²) in [5.41, 5.74) is 3.41. The molecule has 0 radical (unpaired) electrons. The summed E-state index contributed by atoms with van der Waals surface area (Å²) in [6.07, 6.45) is 3.25. The maximum Gasteiger partial charge on any atom is 0.260 e. The zero-order chi connectivity index (χ0) is 15.3. The number of hydrogen-bond acceptors (Lipinski definition) is 3. The van der Waals surface area contributed by atoms with Crippen molar-refractivity contribution in [3.63, 3.8) is 0 Å². The Kier molecular flexibility index (Phi) is 3.15. The minimum Gasteiger partial charge on any atom is -0.306 e. The van der Waals surface area contributed by atoms with Gasteiger partial charge < -0.3 is 4.98 Å². The van der Waals surface area contributed by atoms with Gasteiger partial charge in [0.15, 0.2) is 0 Å². The van der Waals surface area contributed by atoms with Crippen LogP contribution < -0.4 is 5.56 Å². The second-order valence-corrected chi connectivity index (χ2v) is 7.40. The molecule has 3 nitrogen and oxygen atoms in total. The lowest BCUT2D eigenvalue weighted by atomic mass is 9.89. The third kappa shape index (κ3) is 2.18. The molecule has 1 aromatic carbocycles. The fourth-order valence-corrected chi connectivity index (χ4v) is 4.58. The molecule has 22 heavy (non-hydrogen) atoms. The van der Waals surface area contributed by atoms with Gasteiger partial charge in [-0.2, -0.15) is 0 Å². The van der Waals surface area contributed by atoms with E-state index in [2.05, 4.69) is 18.8 Å². The third-order valence-corrected chi connectivity index (χ3v) is 5.64. The zero-order valence-electron chi connectivity index (χ0n) is 12.8. The highest BCUT2D eigenvalue weighted by atomic mass is 32.1. The van der Waals surface area contributed by atoms with E-state index in [1.54, 1.807) is 11.3 Å². The van der Waals surface area contributed by atoms with Crippen molar-refractivity contribution in [3.05, 3.63) is 50.6 Å². The molecule has 1 atom stereocenters. The molecular formula is C18H18N2OS. The van der Waals surface area contributed by atoms with E-state index in [1.807, 2.05) is 24.3 Å². The monoisotopic (exact) mass is 310 g/mol. The van der Waals surface area contributed by atoms with Gasteiger partial charge in [0, 0.05) is 10.4 Å². The van der Waals surface area contributed by atoms with Gasteiger partial charge in [0.05, 0.1) is 5.39 Å². The van der Waals surface area contributed by atoms with Crippen LogP contribution in [0.15, 0.2) is 29.1 Å². The van der Waals surface area contributed by atoms with Gasteiger partial charge in [-0.1, -0.05) is 36.8 Å². The first kappa shape index (κ1) is 13.7. The smallest absolute Gasteiger partial charge is 0.260 e. The van der Waals surface area contributed by atoms with Crippen molar-refractivity contribution in [2.24, 2.45) is 5.92 Å². The normalized spacial score (nSPS) is 17.6. The second-order valence-electron chi connectivity index (χ2n) is 6.31. The van der Waals surface area contributed by atoms with E-state index in [4.69, 9.17) is 4.98 Å². The van der Waals surface area contributed by atoms with Crippen LogP contribution in [0.4, 0.5) is 0 Å². The van der Waals surface area contributed by atoms with Crippen LogP contribution in [0.1, 0.15) is 29.3 Å². The first-order valence-electron chi connectivity index (χ1n) is 7.73. The summed E-state index contributed by atoms with van der Waals surface area (Å²) in [5, 5.41) is 0.822. The van der Waals surface area contributed by atoms with E-state index in [9.17, 15) is 4.79 Å². The highest BCUT2D eigenvalue weighted by Gasteiger charge is 2.23. The lowest BCUT2D eigenvalue weighted by Gasteiger charge is -2.17. The maximum atomic E-state index is 12.6. The van der Waals surface area contributed by atoms with E-state index >= 15 is 0 Å². The van der Waals surface area contributed by atoms with Gasteiger partial charge in [0.1, 0.15) is 10.7 Å². The summed E-state index contributed by atoms with van der Waals surface area (Å²) < 4.78 is 0. The van der Waals surface area contributed by atoms with E-state index in [-0.39, 0.29) is 5.56 Å². The predicted molar refractivity (Wildman–Crippen MR) is 91.6 cm³/mol. The van der Waals surface area contributed by atoms with E-state index in [1.165, 1.54) is 16.0 Å². The van der Waals surface area contributed by atoms with Crippen molar-refractivity contribution >= 4 is 21.6 Å². The largest absolute Gasteiger partial charge is 0.306 e. The van der Waals surface area contributed by atoms with Gasteiger partial charge in [-0.3, -0.25) is 4.79 Å². The Labute approximate surface area is 133 Å². The Hall–Kier alpha value is -1.94. The molecule has 1 N–H and O–H groups in total. The van der Waals surface area contributed by atoms with Crippen LogP contribution in [0.2, 0.25) is 0 Å². The molecule has 1 unspecified atom stereocenters. The number of hydrogen-bond donors (Lipinski definition) is 1. The quantitative estimate of drug-likeness (QED) is 0.736. The molecule has 1 aliphatic carbocycles. The van der Waals surface area contributed by atoms with Crippen LogP contribution in [0, 0.1) is 12.8 Å². The number of nitrogens with one attached hydrogen (secondary N) is 1. The number of H-pyrrole nitrogens is 1. The van der Waals surface area contributed by atoms with Gasteiger partial charge >= 0.3 is 0 Å². The zero-order valence-corrected chi connectivity index (χ0v) is 13.6. The molecule has 0 spiro atoms. The van der Waals surface area contributed by atoms with Crippen molar-refractivity contribution in [1.82, 2.24) is 9.97 Å². The molecule has 2 aromatic heterocycles. The van der Waals surface area contributed by atoms with E-state index in [0.717, 1.165) is 35.0 Å². The summed E-state index contributed by atoms with van der Waals surface area (Å²) >= 11 is 1.70. The Bertz CT molecular complexity index is 905. The summed E-state index contributed by atoms with van der Waals surface area (Å²) in [7, 11) is 0. The van der Waals surface area contributed by atoms with Crippen LogP contribution in [-0.4, -0.2) is 9.97 Å². The van der Waals surface area contributed by atoms with Gasteiger partial charge in [0.25, 0.3) is 5.56 Å². The Morgan fingerprint density at radius 3 is 2.82 bits per heavy atom. The molecule has 3 aromatic rings. The molecule has 4 heteroatoms. The van der Waals surface area contributed by atoms with Crippen molar-refractivity contribution in [3.8, 4) is 11.4 Å². The highest BCUT2D eigenvalue weighted by Crippen LogP contribution is 2.36. The number of fused-ring (bicyclic) bond motifs is 3. The molecule has 0 saturated heterocycles. The van der Waals surface area contributed by atoms with Crippen LogP contribution in [-0.2, 0) is 12.8 Å². The van der Waals surface area contributed by atoms with Crippen molar-refractivity contribution < 1.29 is 0 Å². The average molecular weight is 310 g/mol. The lowest BCUT2D eigenvalue weighted by Crippen LogP contribution is -2.13. The molecule has 0 amide bonds. The Balaban J connectivity index is 1.90. The van der Waals surface area contributed by atoms with Crippen LogP contribution in [0.5, 0.6) is 0 Å². The molecule has 0 aliphatic heterocycles. The lowest BCUT2D eigenvalue weighted by molar-refractivity contribution is 0.509. The fraction of sp³-hybridized carbons (Fsp3) is 0.333. The van der Waals surface area contributed by atoms with Gasteiger partial charge in [-0.25, -0.2) is 4.98 Å². The minimum absolute atomic E-state index is 0.00706. The number of thiophene rings is 1. The molecule has 0 bridgehead atoms. The second kappa shape index (κ2) is 5.06.